The molecule has 1 amide bonds. The van der Waals surface area contributed by atoms with E-state index < -0.39 is 17.4 Å². The summed E-state index contributed by atoms with van der Waals surface area (Å²) in [5, 5.41) is 14.1. The summed E-state index contributed by atoms with van der Waals surface area (Å²) in [7, 11) is 0. The van der Waals surface area contributed by atoms with E-state index in [1.54, 1.807) is 11.4 Å². The monoisotopic (exact) mass is 339 g/mol. The van der Waals surface area contributed by atoms with Crippen LogP contribution in [-0.2, 0) is 16.1 Å². The van der Waals surface area contributed by atoms with Crippen LogP contribution in [0.25, 0.3) is 10.2 Å². The maximum absolute atomic E-state index is 12.2. The number of aromatic nitrogens is 2. The van der Waals surface area contributed by atoms with E-state index in [4.69, 9.17) is 0 Å². The van der Waals surface area contributed by atoms with Gasteiger partial charge in [0.15, 0.2) is 0 Å². The third-order valence-corrected chi connectivity index (χ3v) is 5.58. The van der Waals surface area contributed by atoms with Crippen molar-refractivity contribution in [2.24, 2.45) is 0 Å². The van der Waals surface area contributed by atoms with Gasteiger partial charge >= 0.3 is 5.97 Å². The molecular weight excluding hydrogens is 326 g/mol. The second-order valence-corrected chi connectivity index (χ2v) is 7.05. The zero-order valence-electron chi connectivity index (χ0n) is 11.4. The van der Waals surface area contributed by atoms with Crippen LogP contribution in [-0.4, -0.2) is 43.6 Å². The number of hydrogen-bond donors (Lipinski definition) is 2. The van der Waals surface area contributed by atoms with Crippen LogP contribution >= 0.6 is 23.1 Å². The van der Waals surface area contributed by atoms with E-state index in [0.717, 1.165) is 0 Å². The van der Waals surface area contributed by atoms with Crippen LogP contribution in [0.1, 0.15) is 6.42 Å². The molecule has 0 saturated carbocycles. The Bertz CT molecular complexity index is 792. The molecule has 0 spiro atoms. The molecule has 116 valence electrons. The summed E-state index contributed by atoms with van der Waals surface area (Å²) < 4.78 is 1.20. The van der Waals surface area contributed by atoms with E-state index in [1.165, 1.54) is 34.0 Å². The molecule has 1 atom stereocenters. The molecular formula is C13H13N3O4S2. The van der Waals surface area contributed by atoms with Crippen molar-refractivity contribution < 1.29 is 14.7 Å². The summed E-state index contributed by atoms with van der Waals surface area (Å²) in [6.07, 6.45) is 1.70. The predicted molar refractivity (Wildman–Crippen MR) is 84.3 cm³/mol. The standard InChI is InChI=1S/C13H13N3O4S2/c17-9(15-13(12(19)20)2-4-21-6-13)5-16-7-14-10-8(11(16)18)1-3-22-10/h1,3,7H,2,4-6H2,(H,15,17)(H,19,20). The minimum atomic E-state index is -1.23. The summed E-state index contributed by atoms with van der Waals surface area (Å²) in [6, 6.07) is 1.66. The number of carbonyl (C=O) groups excluding carboxylic acids is 1. The van der Waals surface area contributed by atoms with Gasteiger partial charge in [0.05, 0.1) is 11.7 Å². The van der Waals surface area contributed by atoms with Gasteiger partial charge in [-0.1, -0.05) is 0 Å². The van der Waals surface area contributed by atoms with Gasteiger partial charge in [-0.05, 0) is 23.6 Å². The van der Waals surface area contributed by atoms with E-state index in [9.17, 15) is 19.5 Å². The Labute approximate surface area is 133 Å². The maximum atomic E-state index is 12.2. The summed E-state index contributed by atoms with van der Waals surface area (Å²) in [4.78, 5) is 40.5. The number of thiophene rings is 1. The fourth-order valence-corrected chi connectivity index (χ4v) is 4.40. The third-order valence-electron chi connectivity index (χ3n) is 3.57. The van der Waals surface area contributed by atoms with Crippen LogP contribution in [0.15, 0.2) is 22.6 Å². The normalized spacial score (nSPS) is 21.1. The molecule has 1 unspecified atom stereocenters. The molecule has 0 aromatic carbocycles. The lowest BCUT2D eigenvalue weighted by molar-refractivity contribution is -0.146. The van der Waals surface area contributed by atoms with Crippen molar-refractivity contribution in [3.05, 3.63) is 28.1 Å². The van der Waals surface area contributed by atoms with E-state index in [-0.39, 0.29) is 12.1 Å². The molecule has 0 bridgehead atoms. The summed E-state index contributed by atoms with van der Waals surface area (Å²) in [5.74, 6) is -0.507. The molecule has 22 heavy (non-hydrogen) atoms. The third kappa shape index (κ3) is 2.61. The number of hydrogen-bond acceptors (Lipinski definition) is 6. The number of nitrogens with zero attached hydrogens (tertiary/aromatic N) is 2. The first-order valence-electron chi connectivity index (χ1n) is 6.57. The molecule has 1 aliphatic rings. The Balaban J connectivity index is 1.80. The summed E-state index contributed by atoms with van der Waals surface area (Å²) >= 11 is 2.84. The van der Waals surface area contributed by atoms with Gasteiger partial charge in [-0.3, -0.25) is 14.2 Å². The molecule has 3 rings (SSSR count). The number of rotatable bonds is 4. The smallest absolute Gasteiger partial charge is 0.330 e. The van der Waals surface area contributed by atoms with Crippen LogP contribution in [0.5, 0.6) is 0 Å². The van der Waals surface area contributed by atoms with Crippen molar-refractivity contribution >= 4 is 45.2 Å². The Kier molecular flexibility index (Phi) is 3.92. The van der Waals surface area contributed by atoms with Crippen molar-refractivity contribution in [1.82, 2.24) is 14.9 Å². The zero-order valence-corrected chi connectivity index (χ0v) is 13.1. The van der Waals surface area contributed by atoms with Gasteiger partial charge in [0.25, 0.3) is 5.56 Å². The van der Waals surface area contributed by atoms with Crippen molar-refractivity contribution in [3.8, 4) is 0 Å². The molecule has 1 aliphatic heterocycles. The van der Waals surface area contributed by atoms with Gasteiger partial charge in [-0.15, -0.1) is 11.3 Å². The Morgan fingerprint density at radius 3 is 3.00 bits per heavy atom. The molecule has 2 aromatic rings. The number of carboxylic acids is 1. The van der Waals surface area contributed by atoms with Crippen LogP contribution < -0.4 is 10.9 Å². The van der Waals surface area contributed by atoms with E-state index in [0.29, 0.717) is 28.1 Å². The van der Waals surface area contributed by atoms with Gasteiger partial charge in [-0.2, -0.15) is 11.8 Å². The number of carbonyl (C=O) groups is 2. The average molecular weight is 339 g/mol. The van der Waals surface area contributed by atoms with Crippen molar-refractivity contribution in [2.45, 2.75) is 18.5 Å². The first kappa shape index (κ1) is 15.0. The molecule has 1 saturated heterocycles. The molecule has 9 heteroatoms. The minimum absolute atomic E-state index is 0.239. The largest absolute Gasteiger partial charge is 0.479 e. The topological polar surface area (TPSA) is 101 Å². The van der Waals surface area contributed by atoms with E-state index >= 15 is 0 Å². The minimum Gasteiger partial charge on any atom is -0.479 e. The Morgan fingerprint density at radius 2 is 2.32 bits per heavy atom. The number of thioether (sulfide) groups is 1. The SMILES string of the molecule is O=C(Cn1cnc2sccc2c1=O)NC1(C(=O)O)CCSC1. The molecule has 2 N–H and O–H groups in total. The number of nitrogens with one attached hydrogen (secondary N) is 1. The highest BCUT2D eigenvalue weighted by Crippen LogP contribution is 2.28. The fourth-order valence-electron chi connectivity index (χ4n) is 2.35. The molecule has 0 aliphatic carbocycles. The lowest BCUT2D eigenvalue weighted by atomic mass is 9.99. The molecule has 0 radical (unpaired) electrons. The van der Waals surface area contributed by atoms with Crippen LogP contribution in [0.3, 0.4) is 0 Å². The van der Waals surface area contributed by atoms with Crippen molar-refractivity contribution in [1.29, 1.82) is 0 Å². The molecule has 3 heterocycles. The Morgan fingerprint density at radius 1 is 1.50 bits per heavy atom. The first-order valence-corrected chi connectivity index (χ1v) is 8.60. The van der Waals surface area contributed by atoms with E-state index in [2.05, 4.69) is 10.3 Å². The quantitative estimate of drug-likeness (QED) is 0.843. The van der Waals surface area contributed by atoms with Gasteiger partial charge in [-0.25, -0.2) is 9.78 Å². The molecule has 7 nitrogen and oxygen atoms in total. The number of amides is 1. The van der Waals surface area contributed by atoms with Crippen LogP contribution in [0.4, 0.5) is 0 Å². The average Bonchev–Trinajstić information content (AvgIpc) is 3.11. The second kappa shape index (κ2) is 5.73. The summed E-state index contributed by atoms with van der Waals surface area (Å²) in [5.41, 5.74) is -1.53. The molecule has 1 fully saturated rings. The predicted octanol–water partition coefficient (Wildman–Crippen LogP) is 0.534. The number of carboxylic acid groups (broad SMARTS) is 1. The van der Waals surface area contributed by atoms with Crippen molar-refractivity contribution in [3.63, 3.8) is 0 Å². The Hall–Kier alpha value is -1.87. The van der Waals surface area contributed by atoms with Crippen LogP contribution in [0.2, 0.25) is 0 Å². The number of aliphatic carboxylic acids is 1. The number of fused-ring (bicyclic) bond motifs is 1. The molecule has 2 aromatic heterocycles. The van der Waals surface area contributed by atoms with E-state index in [1.807, 2.05) is 0 Å². The second-order valence-electron chi connectivity index (χ2n) is 5.06. The van der Waals surface area contributed by atoms with Crippen molar-refractivity contribution in [2.75, 3.05) is 11.5 Å². The van der Waals surface area contributed by atoms with Crippen LogP contribution in [0, 0.1) is 0 Å². The lowest BCUT2D eigenvalue weighted by Crippen LogP contribution is -2.55. The van der Waals surface area contributed by atoms with Gasteiger partial charge in [0.2, 0.25) is 5.91 Å². The zero-order chi connectivity index (χ0) is 15.7. The van der Waals surface area contributed by atoms with Gasteiger partial charge in [0.1, 0.15) is 16.9 Å². The highest BCUT2D eigenvalue weighted by atomic mass is 32.2. The highest BCUT2D eigenvalue weighted by molar-refractivity contribution is 7.99. The summed E-state index contributed by atoms with van der Waals surface area (Å²) in [6.45, 7) is -0.239. The first-order chi connectivity index (χ1) is 10.5. The maximum Gasteiger partial charge on any atom is 0.330 e. The van der Waals surface area contributed by atoms with Gasteiger partial charge in [0, 0.05) is 5.75 Å². The highest BCUT2D eigenvalue weighted by Gasteiger charge is 2.43. The van der Waals surface area contributed by atoms with Gasteiger partial charge < -0.3 is 10.4 Å². The lowest BCUT2D eigenvalue weighted by Gasteiger charge is -2.24. The fraction of sp³-hybridized carbons (Fsp3) is 0.385.